The number of hydrogen-bond acceptors (Lipinski definition) is 8. The lowest BCUT2D eigenvalue weighted by atomic mass is 9.80. The number of aliphatic carboxylic acids is 1. The van der Waals surface area contributed by atoms with Crippen LogP contribution in [-0.2, 0) is 15.1 Å². The zero-order chi connectivity index (χ0) is 29.1. The molecule has 2 fully saturated rings. The van der Waals surface area contributed by atoms with E-state index in [9.17, 15) is 14.7 Å². The predicted octanol–water partition coefficient (Wildman–Crippen LogP) is 3.81. The van der Waals surface area contributed by atoms with Crippen LogP contribution in [0.15, 0.2) is 59.5 Å². The molecule has 0 bridgehead atoms. The van der Waals surface area contributed by atoms with Crippen molar-refractivity contribution in [1.82, 2.24) is 24.3 Å². The summed E-state index contributed by atoms with van der Waals surface area (Å²) in [7, 11) is 0. The summed E-state index contributed by atoms with van der Waals surface area (Å²) in [6.45, 7) is 14.9. The van der Waals surface area contributed by atoms with Crippen molar-refractivity contribution in [3.05, 3.63) is 76.2 Å². The number of aromatic nitrogens is 3. The Hall–Kier alpha value is -3.60. The molecule has 3 aromatic rings. The molecule has 0 unspecified atom stereocenters. The molecule has 4 heterocycles. The molecule has 0 radical (unpaired) electrons. The monoisotopic (exact) mass is 560 g/mol. The van der Waals surface area contributed by atoms with Crippen LogP contribution < -0.4 is 10.9 Å². The summed E-state index contributed by atoms with van der Waals surface area (Å²) >= 11 is 0. The van der Waals surface area contributed by atoms with E-state index in [2.05, 4.69) is 57.9 Å². The van der Waals surface area contributed by atoms with Crippen LogP contribution in [0.2, 0.25) is 0 Å². The molecule has 218 valence electrons. The topological polar surface area (TPSA) is 113 Å². The van der Waals surface area contributed by atoms with Gasteiger partial charge in [-0.25, -0.2) is 9.78 Å². The fourth-order valence-corrected chi connectivity index (χ4v) is 6.13. The second-order valence-electron chi connectivity index (χ2n) is 11.4. The normalized spacial score (nSPS) is 18.8. The van der Waals surface area contributed by atoms with E-state index in [1.807, 2.05) is 13.8 Å². The molecule has 2 aromatic heterocycles. The van der Waals surface area contributed by atoms with Crippen molar-refractivity contribution in [2.75, 3.05) is 51.3 Å². The SMILES string of the molecule is C=C(CN1CCN(C2(c3ccc([C@H](C)Nc4ncc5ccc(=O)n(C(C)C)c5n4)cc3)CCOCC2)CC1)C(=O)O. The fraction of sp³-hybridized carbons (Fsp3) is 0.484. The zero-order valence-electron chi connectivity index (χ0n) is 24.2. The van der Waals surface area contributed by atoms with Gasteiger partial charge in [-0.3, -0.25) is 19.2 Å². The Balaban J connectivity index is 1.31. The molecule has 41 heavy (non-hydrogen) atoms. The quantitative estimate of drug-likeness (QED) is 0.377. The Morgan fingerprint density at radius 1 is 1.07 bits per heavy atom. The van der Waals surface area contributed by atoms with E-state index >= 15 is 0 Å². The minimum Gasteiger partial charge on any atom is -0.478 e. The highest BCUT2D eigenvalue weighted by Crippen LogP contribution is 2.39. The van der Waals surface area contributed by atoms with E-state index < -0.39 is 5.97 Å². The first kappa shape index (κ1) is 28.9. The van der Waals surface area contributed by atoms with Crippen LogP contribution in [0.1, 0.15) is 56.8 Å². The number of rotatable bonds is 9. The third-order valence-electron chi connectivity index (χ3n) is 8.49. The lowest BCUT2D eigenvalue weighted by molar-refractivity contribution is -0.133. The first-order valence-electron chi connectivity index (χ1n) is 14.4. The molecular weight excluding hydrogens is 520 g/mol. The van der Waals surface area contributed by atoms with Gasteiger partial charge in [0.15, 0.2) is 0 Å². The fourth-order valence-electron chi connectivity index (χ4n) is 6.13. The molecule has 2 aliphatic rings. The molecule has 2 saturated heterocycles. The second kappa shape index (κ2) is 12.1. The van der Waals surface area contributed by atoms with Crippen LogP contribution in [0.3, 0.4) is 0 Å². The van der Waals surface area contributed by atoms with E-state index in [1.165, 1.54) is 5.56 Å². The lowest BCUT2D eigenvalue weighted by Gasteiger charge is -2.50. The first-order valence-corrected chi connectivity index (χ1v) is 14.4. The van der Waals surface area contributed by atoms with Gasteiger partial charge in [0.2, 0.25) is 5.95 Å². The number of carboxylic acid groups (broad SMARTS) is 1. The Morgan fingerprint density at radius 2 is 1.76 bits per heavy atom. The average molecular weight is 561 g/mol. The molecule has 1 aromatic carbocycles. The van der Waals surface area contributed by atoms with Gasteiger partial charge in [-0.05, 0) is 50.8 Å². The van der Waals surface area contributed by atoms with Crippen molar-refractivity contribution in [3.8, 4) is 0 Å². The summed E-state index contributed by atoms with van der Waals surface area (Å²) in [5.41, 5.74) is 3.08. The molecule has 1 atom stereocenters. The van der Waals surface area contributed by atoms with Gasteiger partial charge in [-0.15, -0.1) is 0 Å². The van der Waals surface area contributed by atoms with Crippen LogP contribution >= 0.6 is 0 Å². The highest BCUT2D eigenvalue weighted by atomic mass is 16.5. The Kier molecular flexibility index (Phi) is 8.53. The summed E-state index contributed by atoms with van der Waals surface area (Å²) < 4.78 is 7.46. The summed E-state index contributed by atoms with van der Waals surface area (Å²) in [5.74, 6) is -0.446. The average Bonchev–Trinajstić information content (AvgIpc) is 2.97. The minimum atomic E-state index is -0.930. The number of piperazine rings is 1. The van der Waals surface area contributed by atoms with E-state index in [1.54, 1.807) is 22.9 Å². The highest BCUT2D eigenvalue weighted by Gasteiger charge is 2.41. The number of pyridine rings is 1. The van der Waals surface area contributed by atoms with Gasteiger partial charge in [0, 0.05) is 75.2 Å². The van der Waals surface area contributed by atoms with Gasteiger partial charge in [0.25, 0.3) is 5.56 Å². The Bertz CT molecular complexity index is 1450. The molecule has 0 amide bonds. The number of hydrogen-bond donors (Lipinski definition) is 2. The largest absolute Gasteiger partial charge is 0.478 e. The molecule has 0 spiro atoms. The van der Waals surface area contributed by atoms with Gasteiger partial charge >= 0.3 is 5.97 Å². The van der Waals surface area contributed by atoms with Gasteiger partial charge in [0.05, 0.1) is 11.6 Å². The predicted molar refractivity (Wildman–Crippen MR) is 159 cm³/mol. The summed E-state index contributed by atoms with van der Waals surface area (Å²) in [6.07, 6.45) is 3.60. The van der Waals surface area contributed by atoms with E-state index in [-0.39, 0.29) is 28.8 Å². The number of fused-ring (bicyclic) bond motifs is 1. The van der Waals surface area contributed by atoms with Gasteiger partial charge in [-0.1, -0.05) is 30.8 Å². The molecular formula is C31H40N6O4. The number of nitrogens with one attached hydrogen (secondary N) is 1. The number of nitrogens with zero attached hydrogens (tertiary/aromatic N) is 5. The molecule has 10 nitrogen and oxygen atoms in total. The van der Waals surface area contributed by atoms with Crippen molar-refractivity contribution in [3.63, 3.8) is 0 Å². The molecule has 10 heteroatoms. The highest BCUT2D eigenvalue weighted by molar-refractivity contribution is 5.86. The van der Waals surface area contributed by atoms with Gasteiger partial charge in [-0.2, -0.15) is 4.98 Å². The Morgan fingerprint density at radius 3 is 2.39 bits per heavy atom. The second-order valence-corrected chi connectivity index (χ2v) is 11.4. The van der Waals surface area contributed by atoms with Crippen molar-refractivity contribution >= 4 is 23.0 Å². The number of anilines is 1. The van der Waals surface area contributed by atoms with Crippen LogP contribution in [0.25, 0.3) is 11.0 Å². The maximum absolute atomic E-state index is 12.5. The third kappa shape index (κ3) is 6.05. The lowest BCUT2D eigenvalue weighted by Crippen LogP contribution is -2.57. The van der Waals surface area contributed by atoms with Gasteiger partial charge < -0.3 is 15.2 Å². The maximum Gasteiger partial charge on any atom is 0.332 e. The summed E-state index contributed by atoms with van der Waals surface area (Å²) in [4.78, 5) is 37.6. The van der Waals surface area contributed by atoms with Crippen molar-refractivity contribution in [2.45, 2.75) is 51.2 Å². The van der Waals surface area contributed by atoms with Crippen LogP contribution in [0.5, 0.6) is 0 Å². The standard InChI is InChI=1S/C31H40N6O4/c1-21(2)37-27(38)10-7-25-19-32-30(34-28(25)37)33-23(4)24-5-8-26(9-6-24)31(11-17-41-18-12-31)36-15-13-35(14-16-36)20-22(3)29(39)40/h5-10,19,21,23H,3,11-18,20H2,1-2,4H3,(H,39,40)(H,32,33,34)/t23-/m0/s1. The van der Waals surface area contributed by atoms with Crippen LogP contribution in [0.4, 0.5) is 5.95 Å². The number of carboxylic acids is 1. The number of ether oxygens (including phenoxy) is 1. The van der Waals surface area contributed by atoms with Crippen LogP contribution in [0, 0.1) is 0 Å². The van der Waals surface area contributed by atoms with E-state index in [4.69, 9.17) is 9.72 Å². The first-order chi connectivity index (χ1) is 19.7. The number of benzene rings is 1. The van der Waals surface area contributed by atoms with Crippen LogP contribution in [-0.4, -0.2) is 81.3 Å². The molecule has 2 aliphatic heterocycles. The summed E-state index contributed by atoms with van der Waals surface area (Å²) in [5, 5.41) is 13.5. The van der Waals surface area contributed by atoms with Gasteiger partial charge in [0.1, 0.15) is 5.65 Å². The maximum atomic E-state index is 12.5. The zero-order valence-corrected chi connectivity index (χ0v) is 24.2. The van der Waals surface area contributed by atoms with Crippen molar-refractivity contribution in [1.29, 1.82) is 0 Å². The number of carbonyl (C=O) groups is 1. The molecule has 5 rings (SSSR count). The molecule has 0 saturated carbocycles. The molecule has 2 N–H and O–H groups in total. The van der Waals surface area contributed by atoms with E-state index in [0.717, 1.165) is 63.2 Å². The summed E-state index contributed by atoms with van der Waals surface area (Å²) in [6, 6.07) is 12.1. The van der Waals surface area contributed by atoms with E-state index in [0.29, 0.717) is 18.1 Å². The molecule has 0 aliphatic carbocycles. The Labute approximate surface area is 240 Å². The van der Waals surface area contributed by atoms with Crippen molar-refractivity contribution < 1.29 is 14.6 Å². The third-order valence-corrected chi connectivity index (χ3v) is 8.49. The van der Waals surface area contributed by atoms with Crippen molar-refractivity contribution in [2.24, 2.45) is 0 Å². The minimum absolute atomic E-state index is 0.0106. The smallest absolute Gasteiger partial charge is 0.332 e.